The van der Waals surface area contributed by atoms with Crippen LogP contribution in [0.1, 0.15) is 12.5 Å². The van der Waals surface area contributed by atoms with Gasteiger partial charge in [0, 0.05) is 13.1 Å². The van der Waals surface area contributed by atoms with E-state index in [2.05, 4.69) is 10.6 Å². The van der Waals surface area contributed by atoms with Crippen molar-refractivity contribution in [2.75, 3.05) is 19.8 Å². The summed E-state index contributed by atoms with van der Waals surface area (Å²) >= 11 is 0. The van der Waals surface area contributed by atoms with E-state index in [1.807, 2.05) is 25.1 Å². The molecule has 0 aromatic heterocycles. The van der Waals surface area contributed by atoms with E-state index in [1.54, 1.807) is 0 Å². The predicted octanol–water partition coefficient (Wildman–Crippen LogP) is 1.28. The molecular weight excluding hydrogens is 220 g/mol. The van der Waals surface area contributed by atoms with Gasteiger partial charge in [-0.2, -0.15) is 0 Å². The van der Waals surface area contributed by atoms with Gasteiger partial charge in [-0.05, 0) is 24.6 Å². The average Bonchev–Trinajstić information content (AvgIpc) is 2.36. The quantitative estimate of drug-likeness (QED) is 0.831. The lowest BCUT2D eigenvalue weighted by Crippen LogP contribution is -2.34. The number of amides is 2. The molecule has 5 nitrogen and oxygen atoms in total. The highest BCUT2D eigenvalue weighted by atomic mass is 16.6. The smallest absolute Gasteiger partial charge is 0.315 e. The summed E-state index contributed by atoms with van der Waals surface area (Å²) in [7, 11) is 0. The van der Waals surface area contributed by atoms with Crippen molar-refractivity contribution in [1.29, 1.82) is 0 Å². The summed E-state index contributed by atoms with van der Waals surface area (Å²) in [5.41, 5.74) is 0.987. The van der Waals surface area contributed by atoms with Crippen molar-refractivity contribution in [3.05, 3.63) is 23.8 Å². The summed E-state index contributed by atoms with van der Waals surface area (Å²) < 4.78 is 10.9. The molecular formula is C12H16N2O3. The van der Waals surface area contributed by atoms with Gasteiger partial charge in [-0.25, -0.2) is 4.79 Å². The topological polar surface area (TPSA) is 59.6 Å². The third kappa shape index (κ3) is 3.03. The number of benzene rings is 1. The van der Waals surface area contributed by atoms with Crippen LogP contribution in [0, 0.1) is 0 Å². The summed E-state index contributed by atoms with van der Waals surface area (Å²) in [6.45, 7) is 4.13. The Bertz CT molecular complexity index is 407. The molecule has 1 aliphatic heterocycles. The maximum atomic E-state index is 11.2. The average molecular weight is 236 g/mol. The van der Waals surface area contributed by atoms with Crippen molar-refractivity contribution < 1.29 is 14.3 Å². The first-order chi connectivity index (χ1) is 8.29. The maximum absolute atomic E-state index is 11.2. The van der Waals surface area contributed by atoms with Crippen LogP contribution < -0.4 is 20.1 Å². The van der Waals surface area contributed by atoms with Gasteiger partial charge in [-0.1, -0.05) is 6.07 Å². The van der Waals surface area contributed by atoms with Crippen LogP contribution in [0.15, 0.2) is 18.2 Å². The normalized spacial score (nSPS) is 13.0. The number of nitrogens with one attached hydrogen (secondary N) is 2. The minimum Gasteiger partial charge on any atom is -0.486 e. The molecule has 0 bridgehead atoms. The molecule has 0 unspecified atom stereocenters. The van der Waals surface area contributed by atoms with Crippen molar-refractivity contribution >= 4 is 6.03 Å². The van der Waals surface area contributed by atoms with Gasteiger partial charge in [0.15, 0.2) is 11.5 Å². The number of hydrogen-bond acceptors (Lipinski definition) is 3. The Hall–Kier alpha value is -1.91. The molecule has 0 spiro atoms. The zero-order valence-corrected chi connectivity index (χ0v) is 9.79. The van der Waals surface area contributed by atoms with E-state index in [0.717, 1.165) is 17.1 Å². The Morgan fingerprint density at radius 1 is 1.24 bits per heavy atom. The Balaban J connectivity index is 1.95. The van der Waals surface area contributed by atoms with Gasteiger partial charge in [-0.15, -0.1) is 0 Å². The summed E-state index contributed by atoms with van der Waals surface area (Å²) in [6.07, 6.45) is 0. The molecule has 0 fully saturated rings. The predicted molar refractivity (Wildman–Crippen MR) is 63.3 cm³/mol. The van der Waals surface area contributed by atoms with E-state index in [1.165, 1.54) is 0 Å². The first kappa shape index (κ1) is 11.6. The second-order valence-electron chi connectivity index (χ2n) is 3.69. The second kappa shape index (κ2) is 5.43. The molecule has 1 aromatic carbocycles. The molecule has 0 radical (unpaired) electrons. The van der Waals surface area contributed by atoms with E-state index in [9.17, 15) is 4.79 Å². The zero-order chi connectivity index (χ0) is 12.1. The number of urea groups is 1. The standard InChI is InChI=1S/C12H16N2O3/c1-2-13-12(15)14-8-9-3-4-10-11(7-9)17-6-5-16-10/h3-4,7H,2,5-6,8H2,1H3,(H2,13,14,15). The Morgan fingerprint density at radius 2 is 2.00 bits per heavy atom. The van der Waals surface area contributed by atoms with Gasteiger partial charge in [0.1, 0.15) is 13.2 Å². The molecule has 2 N–H and O–H groups in total. The monoisotopic (exact) mass is 236 g/mol. The first-order valence-electron chi connectivity index (χ1n) is 5.70. The van der Waals surface area contributed by atoms with Crippen LogP contribution in [0.2, 0.25) is 0 Å². The third-order valence-electron chi connectivity index (χ3n) is 2.40. The molecule has 1 aliphatic rings. The van der Waals surface area contributed by atoms with Crippen molar-refractivity contribution in [1.82, 2.24) is 10.6 Å². The number of ether oxygens (including phenoxy) is 2. The SMILES string of the molecule is CCNC(=O)NCc1ccc2c(c1)OCCO2. The van der Waals surface area contributed by atoms with Crippen LogP contribution in [0.3, 0.4) is 0 Å². The van der Waals surface area contributed by atoms with Gasteiger partial charge in [-0.3, -0.25) is 0 Å². The summed E-state index contributed by atoms with van der Waals surface area (Å²) in [5, 5.41) is 5.43. The van der Waals surface area contributed by atoms with Crippen molar-refractivity contribution in [3.63, 3.8) is 0 Å². The zero-order valence-electron chi connectivity index (χ0n) is 9.79. The molecule has 92 valence electrons. The third-order valence-corrected chi connectivity index (χ3v) is 2.40. The molecule has 2 rings (SSSR count). The van der Waals surface area contributed by atoms with Gasteiger partial charge in [0.25, 0.3) is 0 Å². The van der Waals surface area contributed by atoms with Gasteiger partial charge in [0.2, 0.25) is 0 Å². The molecule has 1 heterocycles. The molecule has 2 amide bonds. The summed E-state index contributed by atoms with van der Waals surface area (Å²) in [4.78, 5) is 11.2. The molecule has 17 heavy (non-hydrogen) atoms. The Labute approximate surface area is 100 Å². The van der Waals surface area contributed by atoms with E-state index >= 15 is 0 Å². The molecule has 0 saturated heterocycles. The van der Waals surface area contributed by atoms with Crippen molar-refractivity contribution in [3.8, 4) is 11.5 Å². The van der Waals surface area contributed by atoms with E-state index in [0.29, 0.717) is 26.3 Å². The number of carbonyl (C=O) groups is 1. The van der Waals surface area contributed by atoms with Crippen molar-refractivity contribution in [2.45, 2.75) is 13.5 Å². The lowest BCUT2D eigenvalue weighted by molar-refractivity contribution is 0.171. The molecule has 0 aliphatic carbocycles. The van der Waals surface area contributed by atoms with Gasteiger partial charge >= 0.3 is 6.03 Å². The highest BCUT2D eigenvalue weighted by Crippen LogP contribution is 2.30. The van der Waals surface area contributed by atoms with E-state index in [-0.39, 0.29) is 6.03 Å². The summed E-state index contributed by atoms with van der Waals surface area (Å²) in [5.74, 6) is 1.50. The lowest BCUT2D eigenvalue weighted by atomic mass is 10.2. The summed E-state index contributed by atoms with van der Waals surface area (Å²) in [6, 6.07) is 5.51. The number of rotatable bonds is 3. The largest absolute Gasteiger partial charge is 0.486 e. The minimum atomic E-state index is -0.164. The fraction of sp³-hybridized carbons (Fsp3) is 0.417. The van der Waals surface area contributed by atoms with Crippen molar-refractivity contribution in [2.24, 2.45) is 0 Å². The Morgan fingerprint density at radius 3 is 2.76 bits per heavy atom. The lowest BCUT2D eigenvalue weighted by Gasteiger charge is -2.18. The van der Waals surface area contributed by atoms with E-state index in [4.69, 9.17) is 9.47 Å². The van der Waals surface area contributed by atoms with Gasteiger partial charge in [0.05, 0.1) is 0 Å². The number of fused-ring (bicyclic) bond motifs is 1. The second-order valence-corrected chi connectivity index (χ2v) is 3.69. The molecule has 5 heteroatoms. The van der Waals surface area contributed by atoms with Crippen LogP contribution in [0.5, 0.6) is 11.5 Å². The molecule has 1 aromatic rings. The highest BCUT2D eigenvalue weighted by molar-refractivity contribution is 5.73. The Kier molecular flexibility index (Phi) is 3.69. The van der Waals surface area contributed by atoms with Crippen LogP contribution in [0.25, 0.3) is 0 Å². The molecule has 0 saturated carbocycles. The highest BCUT2D eigenvalue weighted by Gasteiger charge is 2.11. The van der Waals surface area contributed by atoms with Crippen LogP contribution >= 0.6 is 0 Å². The van der Waals surface area contributed by atoms with E-state index < -0.39 is 0 Å². The van der Waals surface area contributed by atoms with Crippen LogP contribution in [-0.4, -0.2) is 25.8 Å². The molecule has 0 atom stereocenters. The fourth-order valence-corrected chi connectivity index (χ4v) is 1.60. The number of carbonyl (C=O) groups excluding carboxylic acids is 1. The minimum absolute atomic E-state index is 0.164. The number of hydrogen-bond donors (Lipinski definition) is 2. The van der Waals surface area contributed by atoms with Crippen LogP contribution in [0.4, 0.5) is 4.79 Å². The maximum Gasteiger partial charge on any atom is 0.315 e. The van der Waals surface area contributed by atoms with Crippen LogP contribution in [-0.2, 0) is 6.54 Å². The fourth-order valence-electron chi connectivity index (χ4n) is 1.60. The first-order valence-corrected chi connectivity index (χ1v) is 5.70. The van der Waals surface area contributed by atoms with Gasteiger partial charge < -0.3 is 20.1 Å².